The monoisotopic (exact) mass is 509 g/mol. The fourth-order valence-corrected chi connectivity index (χ4v) is 4.69. The van der Waals surface area contributed by atoms with Crippen molar-refractivity contribution >= 4 is 5.78 Å². The molecule has 2 aliphatic heterocycles. The summed E-state index contributed by atoms with van der Waals surface area (Å²) in [6.07, 6.45) is 0.0918. The average molecular weight is 509 g/mol. The highest BCUT2D eigenvalue weighted by atomic mass is 16.8. The van der Waals surface area contributed by atoms with Crippen LogP contribution in [0.5, 0.6) is 11.5 Å². The normalized spacial score (nSPS) is 25.7. The van der Waals surface area contributed by atoms with Crippen molar-refractivity contribution in [1.82, 2.24) is 4.90 Å². The second-order valence-corrected chi connectivity index (χ2v) is 8.60. The zero-order valence-corrected chi connectivity index (χ0v) is 18.4. The first-order valence-corrected chi connectivity index (χ1v) is 9.94. The van der Waals surface area contributed by atoms with E-state index in [1.54, 1.807) is 0 Å². The quantitative estimate of drug-likeness (QED) is 0.159. The Morgan fingerprint density at radius 2 is 1.37 bits per heavy atom. The van der Waals surface area contributed by atoms with Gasteiger partial charge in [0.25, 0.3) is 5.60 Å². The summed E-state index contributed by atoms with van der Waals surface area (Å²) in [7, 11) is 2.63. The molecule has 1 fully saturated rings. The standard InChI is InChI=1S/C19H27NO15/c1-34-10-5-8-3-4-20-7-14(22,17(26,27)16(25,18(28,29)30)19(31,32)33)13(21)15(23,24)12(20)9(8)6-11(10)35-2/h5-6,12,22-33H,3-4,7H2,1-2H3. The van der Waals surface area contributed by atoms with Gasteiger partial charge in [-0.15, -0.1) is 0 Å². The van der Waals surface area contributed by atoms with Gasteiger partial charge < -0.3 is 70.8 Å². The molecule has 0 saturated carbocycles. The van der Waals surface area contributed by atoms with Gasteiger partial charge in [0.1, 0.15) is 0 Å². The Morgan fingerprint density at radius 1 is 0.886 bits per heavy atom. The maximum Gasteiger partial charge on any atom is 0.320 e. The molecule has 3 rings (SSSR count). The van der Waals surface area contributed by atoms with Gasteiger partial charge in [0.2, 0.25) is 17.4 Å². The molecule has 0 aromatic heterocycles. The number of carbonyl (C=O) groups is 1. The zero-order valence-electron chi connectivity index (χ0n) is 18.4. The van der Waals surface area contributed by atoms with Gasteiger partial charge in [-0.1, -0.05) is 0 Å². The molecule has 198 valence electrons. The van der Waals surface area contributed by atoms with Crippen LogP contribution < -0.4 is 9.47 Å². The van der Waals surface area contributed by atoms with Gasteiger partial charge in [0.15, 0.2) is 17.1 Å². The summed E-state index contributed by atoms with van der Waals surface area (Å²) in [6, 6.07) is 1.08. The van der Waals surface area contributed by atoms with Crippen molar-refractivity contribution in [1.29, 1.82) is 0 Å². The molecule has 0 spiro atoms. The highest BCUT2D eigenvalue weighted by Gasteiger charge is 2.83. The first-order valence-electron chi connectivity index (χ1n) is 9.94. The van der Waals surface area contributed by atoms with Gasteiger partial charge in [-0.25, -0.2) is 0 Å². The molecule has 1 aromatic rings. The van der Waals surface area contributed by atoms with Crippen molar-refractivity contribution in [2.45, 2.75) is 47.2 Å². The van der Waals surface area contributed by atoms with Crippen molar-refractivity contribution in [3.8, 4) is 11.5 Å². The molecule has 0 bridgehead atoms. The molecular weight excluding hydrogens is 482 g/mol. The SMILES string of the molecule is COc1cc2c(cc1OC)C1N(CC2)CC(O)(C(O)(O)C(O)(C(O)(O)O)C(O)(O)O)C(=O)C1(O)O. The molecule has 2 aliphatic rings. The average Bonchev–Trinajstić information content (AvgIpc) is 2.73. The van der Waals surface area contributed by atoms with E-state index in [0.29, 0.717) is 5.56 Å². The summed E-state index contributed by atoms with van der Waals surface area (Å²) in [5.74, 6) is -20.6. The molecule has 2 atom stereocenters. The van der Waals surface area contributed by atoms with E-state index in [9.17, 15) is 66.1 Å². The minimum atomic E-state index is -5.13. The third-order valence-electron chi connectivity index (χ3n) is 6.55. The predicted molar refractivity (Wildman–Crippen MR) is 106 cm³/mol. The number of benzene rings is 1. The Balaban J connectivity index is 2.19. The van der Waals surface area contributed by atoms with E-state index in [-0.39, 0.29) is 30.0 Å². The molecule has 35 heavy (non-hydrogen) atoms. The smallest absolute Gasteiger partial charge is 0.320 e. The van der Waals surface area contributed by atoms with Crippen LogP contribution in [-0.2, 0) is 11.2 Å². The second kappa shape index (κ2) is 7.98. The summed E-state index contributed by atoms with van der Waals surface area (Å²) in [5, 5.41) is 120. The number of hydrogen-bond acceptors (Lipinski definition) is 16. The van der Waals surface area contributed by atoms with E-state index in [0.717, 1.165) is 4.90 Å². The Hall–Kier alpha value is -2.03. The lowest BCUT2D eigenvalue weighted by Crippen LogP contribution is -2.88. The maximum atomic E-state index is 13.1. The second-order valence-electron chi connectivity index (χ2n) is 8.60. The molecule has 2 unspecified atom stereocenters. The molecule has 16 nitrogen and oxygen atoms in total. The number of methoxy groups -OCH3 is 2. The van der Waals surface area contributed by atoms with Gasteiger partial charge >= 0.3 is 11.9 Å². The van der Waals surface area contributed by atoms with Crippen LogP contribution in [0.3, 0.4) is 0 Å². The molecule has 12 N–H and O–H groups in total. The number of nitrogens with zero attached hydrogens (tertiary/aromatic N) is 1. The fourth-order valence-electron chi connectivity index (χ4n) is 4.69. The van der Waals surface area contributed by atoms with Crippen LogP contribution in [0.15, 0.2) is 12.1 Å². The highest BCUT2D eigenvalue weighted by molar-refractivity contribution is 5.96. The van der Waals surface area contributed by atoms with Crippen LogP contribution in [-0.4, -0.2) is 134 Å². The van der Waals surface area contributed by atoms with Crippen LogP contribution in [0.25, 0.3) is 0 Å². The lowest BCUT2D eigenvalue weighted by Gasteiger charge is -2.58. The molecule has 0 aliphatic carbocycles. The first kappa shape index (κ1) is 27.6. The lowest BCUT2D eigenvalue weighted by molar-refractivity contribution is -0.553. The zero-order chi connectivity index (χ0) is 27.0. The van der Waals surface area contributed by atoms with Gasteiger partial charge in [-0.05, 0) is 29.7 Å². The largest absolute Gasteiger partial charge is 0.493 e. The van der Waals surface area contributed by atoms with E-state index in [1.807, 2.05) is 0 Å². The van der Waals surface area contributed by atoms with Gasteiger partial charge in [-0.3, -0.25) is 9.69 Å². The minimum Gasteiger partial charge on any atom is -0.493 e. The highest BCUT2D eigenvalue weighted by Crippen LogP contribution is 2.51. The summed E-state index contributed by atoms with van der Waals surface area (Å²) in [4.78, 5) is 14.0. The predicted octanol–water partition coefficient (Wildman–Crippen LogP) is -6.73. The van der Waals surface area contributed by atoms with Crippen molar-refractivity contribution in [2.75, 3.05) is 27.3 Å². The minimum absolute atomic E-state index is 0.0766. The molecule has 0 amide bonds. The van der Waals surface area contributed by atoms with E-state index in [1.165, 1.54) is 26.4 Å². The Morgan fingerprint density at radius 3 is 1.83 bits per heavy atom. The molecule has 2 heterocycles. The number of fused-ring (bicyclic) bond motifs is 3. The fraction of sp³-hybridized carbons (Fsp3) is 0.632. The van der Waals surface area contributed by atoms with E-state index in [4.69, 9.17) is 9.47 Å². The summed E-state index contributed by atoms with van der Waals surface area (Å²) in [6.45, 7) is -1.54. The van der Waals surface area contributed by atoms with Gasteiger partial charge in [0.05, 0.1) is 20.3 Å². The third-order valence-corrected chi connectivity index (χ3v) is 6.55. The molecule has 1 aromatic carbocycles. The molecule has 1 saturated heterocycles. The number of aliphatic hydroxyl groups is 12. The maximum absolute atomic E-state index is 13.1. The van der Waals surface area contributed by atoms with Crippen LogP contribution >= 0.6 is 0 Å². The summed E-state index contributed by atoms with van der Waals surface area (Å²) < 4.78 is 10.4. The Bertz CT molecular complexity index is 997. The number of hydrogen-bond donors (Lipinski definition) is 12. The van der Waals surface area contributed by atoms with Crippen LogP contribution in [0.4, 0.5) is 0 Å². The van der Waals surface area contributed by atoms with E-state index in [2.05, 4.69) is 0 Å². The first-order chi connectivity index (χ1) is 15.7. The summed E-state index contributed by atoms with van der Waals surface area (Å²) in [5.41, 5.74) is -8.71. The number of carbonyl (C=O) groups excluding carboxylic acids is 1. The Labute approximate surface area is 196 Å². The summed E-state index contributed by atoms with van der Waals surface area (Å²) >= 11 is 0. The van der Waals surface area contributed by atoms with Crippen LogP contribution in [0.1, 0.15) is 17.2 Å². The molecule has 16 heteroatoms. The van der Waals surface area contributed by atoms with Crippen molar-refractivity contribution < 1.29 is 75.5 Å². The number of Topliss-reactive ketones (excluding diaryl/α,β-unsaturated/α-hetero) is 1. The number of ketones is 1. The van der Waals surface area contributed by atoms with Crippen LogP contribution in [0.2, 0.25) is 0 Å². The van der Waals surface area contributed by atoms with Crippen molar-refractivity contribution in [2.24, 2.45) is 0 Å². The van der Waals surface area contributed by atoms with Crippen molar-refractivity contribution in [3.05, 3.63) is 23.3 Å². The van der Waals surface area contributed by atoms with Crippen molar-refractivity contribution in [3.63, 3.8) is 0 Å². The third kappa shape index (κ3) is 3.55. The number of rotatable bonds is 6. The van der Waals surface area contributed by atoms with E-state index >= 15 is 0 Å². The van der Waals surface area contributed by atoms with Gasteiger partial charge in [0, 0.05) is 13.1 Å². The number of piperidine rings is 1. The van der Waals surface area contributed by atoms with Crippen LogP contribution in [0, 0.1) is 0 Å². The molecular formula is C19H27NO15. The molecule has 0 radical (unpaired) electrons. The topological polar surface area (TPSA) is 282 Å². The van der Waals surface area contributed by atoms with Gasteiger partial charge in [-0.2, -0.15) is 0 Å². The van der Waals surface area contributed by atoms with E-state index < -0.39 is 53.1 Å². The Kier molecular flexibility index (Phi) is 6.29. The lowest BCUT2D eigenvalue weighted by atomic mass is 9.67. The number of ether oxygens (including phenoxy) is 2.